The van der Waals surface area contributed by atoms with Crippen molar-refractivity contribution in [3.63, 3.8) is 0 Å². The van der Waals surface area contributed by atoms with E-state index in [0.29, 0.717) is 6.61 Å². The summed E-state index contributed by atoms with van der Waals surface area (Å²) in [5.41, 5.74) is -1.25. The van der Waals surface area contributed by atoms with Gasteiger partial charge in [-0.25, -0.2) is 4.79 Å². The van der Waals surface area contributed by atoms with Crippen LogP contribution in [0, 0.1) is 0 Å². The lowest BCUT2D eigenvalue weighted by Crippen LogP contribution is -2.45. The van der Waals surface area contributed by atoms with Gasteiger partial charge in [-0.05, 0) is 47.5 Å². The molecular weight excluding hydrogens is 338 g/mol. The summed E-state index contributed by atoms with van der Waals surface area (Å²) in [6.45, 7) is 9.63. The van der Waals surface area contributed by atoms with Gasteiger partial charge in [-0.3, -0.25) is 0 Å². The van der Waals surface area contributed by atoms with Gasteiger partial charge in [0.15, 0.2) is 0 Å². The van der Waals surface area contributed by atoms with E-state index in [1.165, 1.54) is 0 Å². The van der Waals surface area contributed by atoms with Gasteiger partial charge < -0.3 is 14.3 Å². The number of hydrogen-bond donors (Lipinski definition) is 0. The number of rotatable bonds is 5. The molecule has 0 saturated carbocycles. The first kappa shape index (κ1) is 18.5. The maximum Gasteiger partial charge on any atom is 0.528 e. The van der Waals surface area contributed by atoms with Gasteiger partial charge in [-0.1, -0.05) is 33.1 Å². The molecule has 122 valence electrons. The maximum absolute atomic E-state index is 11.9. The van der Waals surface area contributed by atoms with Crippen LogP contribution in [0.2, 0.25) is 0 Å². The summed E-state index contributed by atoms with van der Waals surface area (Å²) in [6.07, 6.45) is 5.44. The highest BCUT2D eigenvalue weighted by atomic mass is 79.9. The number of nitrogens with zero attached hydrogens (tertiary/aromatic N) is 1. The van der Waals surface area contributed by atoms with Gasteiger partial charge in [-0.15, -0.1) is 0 Å². The molecule has 1 atom stereocenters. The fourth-order valence-corrected chi connectivity index (χ4v) is 2.25. The first-order chi connectivity index (χ1) is 9.65. The van der Waals surface area contributed by atoms with Crippen molar-refractivity contribution in [2.24, 2.45) is 0 Å². The number of alkyl halides is 1. The van der Waals surface area contributed by atoms with E-state index in [1.807, 2.05) is 19.9 Å². The Kier molecular flexibility index (Phi) is 6.69. The zero-order chi connectivity index (χ0) is 16.1. The van der Waals surface area contributed by atoms with Crippen molar-refractivity contribution in [1.29, 1.82) is 0 Å². The third kappa shape index (κ3) is 6.36. The maximum atomic E-state index is 11.9. The molecule has 1 aliphatic heterocycles. The molecule has 5 nitrogen and oxygen atoms in total. The van der Waals surface area contributed by atoms with Crippen LogP contribution >= 0.6 is 15.9 Å². The zero-order valence-electron chi connectivity index (χ0n) is 13.5. The SMILES string of the molecule is CC(C)(C)OC(=O)ON1[C@H](C=CCCCBr)COC1(C)C. The van der Waals surface area contributed by atoms with Crippen LogP contribution in [0.25, 0.3) is 0 Å². The molecule has 0 unspecified atom stereocenters. The van der Waals surface area contributed by atoms with Crippen molar-refractivity contribution in [2.75, 3.05) is 11.9 Å². The molecule has 0 aromatic heterocycles. The van der Waals surface area contributed by atoms with Gasteiger partial charge in [-0.2, -0.15) is 0 Å². The molecule has 0 bridgehead atoms. The fourth-order valence-electron chi connectivity index (χ4n) is 1.93. The summed E-state index contributed by atoms with van der Waals surface area (Å²) in [6, 6.07) is -0.0946. The van der Waals surface area contributed by atoms with Gasteiger partial charge in [0.25, 0.3) is 0 Å². The Morgan fingerprint density at radius 2 is 2.14 bits per heavy atom. The first-order valence-corrected chi connectivity index (χ1v) is 8.35. The highest BCUT2D eigenvalue weighted by molar-refractivity contribution is 9.09. The van der Waals surface area contributed by atoms with Crippen LogP contribution < -0.4 is 0 Å². The van der Waals surface area contributed by atoms with E-state index in [0.717, 1.165) is 18.2 Å². The third-order valence-electron chi connectivity index (χ3n) is 2.86. The molecule has 21 heavy (non-hydrogen) atoms. The van der Waals surface area contributed by atoms with Crippen LogP contribution in [-0.2, 0) is 14.3 Å². The van der Waals surface area contributed by atoms with Crippen molar-refractivity contribution in [2.45, 2.75) is 64.8 Å². The van der Waals surface area contributed by atoms with Crippen LogP contribution in [0.15, 0.2) is 12.2 Å². The Morgan fingerprint density at radius 3 is 2.71 bits per heavy atom. The summed E-state index contributed by atoms with van der Waals surface area (Å²) in [5, 5.41) is 2.54. The summed E-state index contributed by atoms with van der Waals surface area (Å²) in [5.74, 6) is 0. The molecule has 0 amide bonds. The minimum absolute atomic E-state index is 0.0946. The second kappa shape index (κ2) is 7.61. The number of carbonyl (C=O) groups is 1. The molecule has 0 aromatic rings. The Balaban J connectivity index is 2.64. The minimum Gasteiger partial charge on any atom is -0.427 e. The smallest absolute Gasteiger partial charge is 0.427 e. The van der Waals surface area contributed by atoms with E-state index >= 15 is 0 Å². The molecule has 0 spiro atoms. The summed E-state index contributed by atoms with van der Waals surface area (Å²) in [4.78, 5) is 17.2. The Bertz CT molecular complexity index is 376. The molecule has 0 N–H and O–H groups in total. The van der Waals surface area contributed by atoms with E-state index in [4.69, 9.17) is 14.3 Å². The van der Waals surface area contributed by atoms with Crippen molar-refractivity contribution >= 4 is 22.1 Å². The van der Waals surface area contributed by atoms with Crippen molar-refractivity contribution < 1.29 is 19.1 Å². The van der Waals surface area contributed by atoms with Gasteiger partial charge >= 0.3 is 6.16 Å². The fraction of sp³-hybridized carbons (Fsp3) is 0.800. The predicted octanol–water partition coefficient (Wildman–Crippen LogP) is 4.02. The van der Waals surface area contributed by atoms with Crippen LogP contribution in [0.1, 0.15) is 47.5 Å². The molecule has 1 rings (SSSR count). The van der Waals surface area contributed by atoms with E-state index in [9.17, 15) is 4.79 Å². The molecule has 6 heteroatoms. The monoisotopic (exact) mass is 363 g/mol. The predicted molar refractivity (Wildman–Crippen MR) is 85.1 cm³/mol. The molecular formula is C15H26BrNO4. The summed E-state index contributed by atoms with van der Waals surface area (Å²) in [7, 11) is 0. The van der Waals surface area contributed by atoms with E-state index in [-0.39, 0.29) is 6.04 Å². The van der Waals surface area contributed by atoms with Gasteiger partial charge in [0, 0.05) is 5.33 Å². The van der Waals surface area contributed by atoms with Crippen LogP contribution in [0.4, 0.5) is 4.79 Å². The highest BCUT2D eigenvalue weighted by Crippen LogP contribution is 2.29. The number of hydrogen-bond acceptors (Lipinski definition) is 5. The second-order valence-corrected chi connectivity index (χ2v) is 7.26. The third-order valence-corrected chi connectivity index (χ3v) is 3.43. The van der Waals surface area contributed by atoms with Gasteiger partial charge in [0.05, 0.1) is 12.6 Å². The summed E-state index contributed by atoms with van der Waals surface area (Å²) < 4.78 is 10.9. The lowest BCUT2D eigenvalue weighted by molar-refractivity contribution is -0.230. The molecule has 0 radical (unpaired) electrons. The van der Waals surface area contributed by atoms with Crippen molar-refractivity contribution in [1.82, 2.24) is 5.06 Å². The van der Waals surface area contributed by atoms with Crippen LogP contribution in [0.3, 0.4) is 0 Å². The Labute approximate surface area is 135 Å². The molecule has 0 aliphatic carbocycles. The van der Waals surface area contributed by atoms with E-state index < -0.39 is 17.5 Å². The molecule has 0 aromatic carbocycles. The normalized spacial score (nSPS) is 22.7. The van der Waals surface area contributed by atoms with Crippen LogP contribution in [0.5, 0.6) is 0 Å². The zero-order valence-corrected chi connectivity index (χ0v) is 15.1. The van der Waals surface area contributed by atoms with Crippen molar-refractivity contribution in [3.05, 3.63) is 12.2 Å². The molecule has 1 saturated heterocycles. The number of carbonyl (C=O) groups excluding carboxylic acids is 1. The molecule has 1 fully saturated rings. The standard InChI is InChI=1S/C15H26BrNO4/c1-14(2,3)20-13(18)21-17-12(9-7-6-8-10-16)11-19-15(17,4)5/h7,9,12H,6,8,10-11H2,1-5H3/t12-/m1/s1. The number of halogens is 1. The van der Waals surface area contributed by atoms with E-state index in [2.05, 4.69) is 22.0 Å². The minimum atomic E-state index is -0.708. The lowest BCUT2D eigenvalue weighted by Gasteiger charge is -2.31. The Hall–Kier alpha value is -0.590. The molecule has 1 heterocycles. The second-order valence-electron chi connectivity index (χ2n) is 6.47. The summed E-state index contributed by atoms with van der Waals surface area (Å²) >= 11 is 3.40. The average Bonchev–Trinajstić information content (AvgIpc) is 2.59. The van der Waals surface area contributed by atoms with Crippen molar-refractivity contribution in [3.8, 4) is 0 Å². The quantitative estimate of drug-likeness (QED) is 0.319. The molecule has 1 aliphatic rings. The topological polar surface area (TPSA) is 48.0 Å². The lowest BCUT2D eigenvalue weighted by atomic mass is 10.2. The Morgan fingerprint density at radius 1 is 1.48 bits per heavy atom. The average molecular weight is 364 g/mol. The largest absolute Gasteiger partial charge is 0.528 e. The van der Waals surface area contributed by atoms with E-state index in [1.54, 1.807) is 25.8 Å². The van der Waals surface area contributed by atoms with Gasteiger partial charge in [0.1, 0.15) is 11.3 Å². The van der Waals surface area contributed by atoms with Crippen LogP contribution in [-0.4, -0.2) is 40.5 Å². The number of allylic oxidation sites excluding steroid dienone is 1. The first-order valence-electron chi connectivity index (χ1n) is 7.22. The highest BCUT2D eigenvalue weighted by Gasteiger charge is 2.43. The number of hydroxylamine groups is 2. The number of ether oxygens (including phenoxy) is 2. The van der Waals surface area contributed by atoms with Gasteiger partial charge in [0.2, 0.25) is 0 Å². The number of unbranched alkanes of at least 4 members (excludes halogenated alkanes) is 1.